The van der Waals surface area contributed by atoms with Gasteiger partial charge in [-0.05, 0) is 57.3 Å². The quantitative estimate of drug-likeness (QED) is 0.144. The van der Waals surface area contributed by atoms with E-state index in [9.17, 15) is 27.1 Å². The molecule has 0 unspecified atom stereocenters. The van der Waals surface area contributed by atoms with E-state index < -0.39 is 34.8 Å². The Bertz CT molecular complexity index is 785. The summed E-state index contributed by atoms with van der Waals surface area (Å²) in [7, 11) is 0. The molecule has 0 amide bonds. The van der Waals surface area contributed by atoms with Crippen molar-refractivity contribution in [2.24, 2.45) is 5.10 Å². The van der Waals surface area contributed by atoms with Gasteiger partial charge in [0.25, 0.3) is 0 Å². The number of aromatic hydroxyl groups is 1. The van der Waals surface area contributed by atoms with Gasteiger partial charge in [0.15, 0.2) is 23.3 Å². The van der Waals surface area contributed by atoms with Crippen LogP contribution in [0.1, 0.15) is 5.56 Å². The molecule has 2 N–H and O–H groups in total. The van der Waals surface area contributed by atoms with E-state index >= 15 is 0 Å². The van der Waals surface area contributed by atoms with E-state index in [0.29, 0.717) is 3.57 Å². The van der Waals surface area contributed by atoms with Gasteiger partial charge in [0.2, 0.25) is 5.82 Å². The predicted molar refractivity (Wildman–Crippen MR) is 91.0 cm³/mol. The lowest BCUT2D eigenvalue weighted by molar-refractivity contribution is 0.381. The van der Waals surface area contributed by atoms with Crippen LogP contribution >= 0.6 is 45.2 Å². The van der Waals surface area contributed by atoms with E-state index in [0.717, 1.165) is 9.78 Å². The Morgan fingerprint density at radius 1 is 0.913 bits per heavy atom. The molecule has 0 saturated carbocycles. The molecule has 122 valence electrons. The number of anilines is 1. The Hall–Kier alpha value is -1.18. The topological polar surface area (TPSA) is 44.6 Å². The lowest BCUT2D eigenvalue weighted by Gasteiger charge is -2.07. The summed E-state index contributed by atoms with van der Waals surface area (Å²) in [4.78, 5) is 0. The van der Waals surface area contributed by atoms with E-state index in [1.54, 1.807) is 11.5 Å². The van der Waals surface area contributed by atoms with Gasteiger partial charge in [-0.1, -0.05) is 0 Å². The fourth-order valence-corrected chi connectivity index (χ4v) is 3.44. The Kier molecular flexibility index (Phi) is 5.65. The average molecular weight is 554 g/mol. The Morgan fingerprint density at radius 2 is 1.43 bits per heavy atom. The molecule has 0 aromatic heterocycles. The zero-order valence-corrected chi connectivity index (χ0v) is 15.1. The fraction of sp³-hybridized carbons (Fsp3) is 0. The number of hydrogen-bond acceptors (Lipinski definition) is 3. The van der Waals surface area contributed by atoms with Crippen LogP contribution in [-0.2, 0) is 0 Å². The van der Waals surface area contributed by atoms with E-state index in [1.165, 1.54) is 6.07 Å². The molecule has 10 heteroatoms. The number of benzene rings is 2. The van der Waals surface area contributed by atoms with Gasteiger partial charge in [0.1, 0.15) is 11.4 Å². The van der Waals surface area contributed by atoms with E-state index in [-0.39, 0.29) is 11.3 Å². The summed E-state index contributed by atoms with van der Waals surface area (Å²) >= 11 is 3.84. The molecular weight excluding hydrogens is 549 g/mol. The molecule has 2 rings (SSSR count). The maximum Gasteiger partial charge on any atom is 0.200 e. The fourth-order valence-electron chi connectivity index (χ4n) is 1.55. The van der Waals surface area contributed by atoms with Crippen LogP contribution in [0.3, 0.4) is 0 Å². The zero-order valence-electron chi connectivity index (χ0n) is 10.8. The van der Waals surface area contributed by atoms with Crippen LogP contribution in [0.15, 0.2) is 17.2 Å². The maximum absolute atomic E-state index is 13.4. The molecule has 0 bridgehead atoms. The standard InChI is InChI=1S/C13H5F5I2N2O/c14-7-8(15)10(17)12(11(18)9(7)16)22-21-3-4-1-5(19)2-6(20)13(4)23/h1-3,22-23H. The first kappa shape index (κ1) is 18.2. The summed E-state index contributed by atoms with van der Waals surface area (Å²) in [5.41, 5.74) is 0.688. The zero-order chi connectivity index (χ0) is 17.3. The van der Waals surface area contributed by atoms with E-state index in [1.807, 2.05) is 45.2 Å². The molecular formula is C13H5F5I2N2O. The van der Waals surface area contributed by atoms with Crippen molar-refractivity contribution in [2.45, 2.75) is 0 Å². The average Bonchev–Trinajstić information content (AvgIpc) is 2.51. The van der Waals surface area contributed by atoms with E-state index in [2.05, 4.69) is 5.10 Å². The smallest absolute Gasteiger partial charge is 0.200 e. The monoisotopic (exact) mass is 554 g/mol. The third kappa shape index (κ3) is 3.67. The van der Waals surface area contributed by atoms with Crippen LogP contribution in [0.25, 0.3) is 0 Å². The number of rotatable bonds is 3. The Balaban J connectivity index is 2.36. The number of phenols is 1. The van der Waals surface area contributed by atoms with Crippen molar-refractivity contribution in [3.05, 3.63) is 53.9 Å². The molecule has 0 spiro atoms. The summed E-state index contributed by atoms with van der Waals surface area (Å²) in [5.74, 6) is -10.6. The third-order valence-corrected chi connectivity index (χ3v) is 4.09. The summed E-state index contributed by atoms with van der Waals surface area (Å²) in [6.45, 7) is 0. The van der Waals surface area contributed by atoms with Gasteiger partial charge in [-0.15, -0.1) is 0 Å². The molecule has 0 heterocycles. The van der Waals surface area contributed by atoms with Gasteiger partial charge < -0.3 is 5.11 Å². The molecule has 23 heavy (non-hydrogen) atoms. The summed E-state index contributed by atoms with van der Waals surface area (Å²) in [5, 5.41) is 13.2. The highest BCUT2D eigenvalue weighted by molar-refractivity contribution is 14.1. The number of nitrogens with zero attached hydrogens (tertiary/aromatic N) is 1. The Morgan fingerprint density at radius 3 is 2.00 bits per heavy atom. The second-order valence-corrected chi connectivity index (χ2v) is 6.55. The highest BCUT2D eigenvalue weighted by Crippen LogP contribution is 2.28. The molecule has 0 aliphatic rings. The van der Waals surface area contributed by atoms with Crippen molar-refractivity contribution in [3.8, 4) is 5.75 Å². The molecule has 0 saturated heterocycles. The van der Waals surface area contributed by atoms with Crippen LogP contribution in [0.4, 0.5) is 27.6 Å². The predicted octanol–water partition coefficient (Wildman–Crippen LogP) is 4.74. The minimum Gasteiger partial charge on any atom is -0.506 e. The molecule has 0 radical (unpaired) electrons. The number of phenolic OH excluding ortho intramolecular Hbond substituents is 1. The lowest BCUT2D eigenvalue weighted by Crippen LogP contribution is -2.06. The number of nitrogens with one attached hydrogen (secondary N) is 1. The van der Waals surface area contributed by atoms with Crippen LogP contribution in [0, 0.1) is 36.2 Å². The highest BCUT2D eigenvalue weighted by Gasteiger charge is 2.25. The molecule has 2 aromatic rings. The first-order valence-electron chi connectivity index (χ1n) is 5.72. The molecule has 2 aromatic carbocycles. The SMILES string of the molecule is Oc1c(I)cc(I)cc1C=NNc1c(F)c(F)c(F)c(F)c1F. The minimum absolute atomic E-state index is 0.131. The van der Waals surface area contributed by atoms with Crippen molar-refractivity contribution in [3.63, 3.8) is 0 Å². The Labute approximate surface area is 153 Å². The number of hydrazone groups is 1. The summed E-state index contributed by atoms with van der Waals surface area (Å²) in [6.07, 6.45) is 0.998. The van der Waals surface area contributed by atoms with Gasteiger partial charge in [-0.2, -0.15) is 5.10 Å². The van der Waals surface area contributed by atoms with Gasteiger partial charge in [0.05, 0.1) is 9.78 Å². The number of hydrogen-bond donors (Lipinski definition) is 2. The van der Waals surface area contributed by atoms with Crippen molar-refractivity contribution >= 4 is 57.1 Å². The van der Waals surface area contributed by atoms with Crippen LogP contribution in [0.2, 0.25) is 0 Å². The van der Waals surface area contributed by atoms with Crippen molar-refractivity contribution in [2.75, 3.05) is 5.43 Å². The molecule has 0 fully saturated rings. The van der Waals surface area contributed by atoms with E-state index in [4.69, 9.17) is 0 Å². The highest BCUT2D eigenvalue weighted by atomic mass is 127. The normalized spacial score (nSPS) is 11.3. The second kappa shape index (κ2) is 7.15. The van der Waals surface area contributed by atoms with Crippen molar-refractivity contribution in [1.29, 1.82) is 0 Å². The molecule has 0 aliphatic carbocycles. The van der Waals surface area contributed by atoms with Gasteiger partial charge >= 0.3 is 0 Å². The summed E-state index contributed by atoms with van der Waals surface area (Å²) < 4.78 is 67.1. The molecule has 0 aliphatic heterocycles. The van der Waals surface area contributed by atoms with Crippen molar-refractivity contribution < 1.29 is 27.1 Å². The van der Waals surface area contributed by atoms with Gasteiger partial charge in [0, 0.05) is 9.13 Å². The van der Waals surface area contributed by atoms with Crippen LogP contribution in [-0.4, -0.2) is 11.3 Å². The minimum atomic E-state index is -2.25. The molecule has 3 nitrogen and oxygen atoms in total. The largest absolute Gasteiger partial charge is 0.506 e. The van der Waals surface area contributed by atoms with Gasteiger partial charge in [-0.25, -0.2) is 22.0 Å². The van der Waals surface area contributed by atoms with Crippen LogP contribution in [0.5, 0.6) is 5.75 Å². The van der Waals surface area contributed by atoms with Gasteiger partial charge in [-0.3, -0.25) is 5.43 Å². The third-order valence-electron chi connectivity index (χ3n) is 2.65. The lowest BCUT2D eigenvalue weighted by atomic mass is 10.2. The molecule has 0 atom stereocenters. The maximum atomic E-state index is 13.4. The first-order valence-corrected chi connectivity index (χ1v) is 7.88. The second-order valence-electron chi connectivity index (χ2n) is 4.14. The van der Waals surface area contributed by atoms with Crippen LogP contribution < -0.4 is 5.43 Å². The van der Waals surface area contributed by atoms with Crippen molar-refractivity contribution in [1.82, 2.24) is 0 Å². The number of halogens is 7. The summed E-state index contributed by atoms with van der Waals surface area (Å²) in [6, 6.07) is 3.19. The first-order chi connectivity index (χ1) is 10.7.